The third-order valence-corrected chi connectivity index (χ3v) is 4.21. The van der Waals surface area contributed by atoms with Crippen LogP contribution < -0.4 is 4.90 Å². The summed E-state index contributed by atoms with van der Waals surface area (Å²) in [5.41, 5.74) is -0.0663. The summed E-state index contributed by atoms with van der Waals surface area (Å²) in [4.78, 5) is 36.3. The number of ketones is 1. The third kappa shape index (κ3) is 3.23. The van der Waals surface area contributed by atoms with Gasteiger partial charge in [0.25, 0.3) is 11.6 Å². The highest BCUT2D eigenvalue weighted by molar-refractivity contribution is 6.31. The number of hydrogen-bond donors (Lipinski definition) is 0. The summed E-state index contributed by atoms with van der Waals surface area (Å²) in [6.07, 6.45) is 0.672. The number of fused-ring (bicyclic) bond motifs is 1. The van der Waals surface area contributed by atoms with Crippen molar-refractivity contribution in [2.45, 2.75) is 12.8 Å². The van der Waals surface area contributed by atoms with E-state index in [4.69, 9.17) is 11.6 Å². The quantitative estimate of drug-likeness (QED) is 0.597. The summed E-state index contributed by atoms with van der Waals surface area (Å²) in [6.45, 7) is 0.232. The number of rotatable bonds is 2. The Labute approximate surface area is 147 Å². The minimum absolute atomic E-state index is 0.142. The summed E-state index contributed by atoms with van der Waals surface area (Å²) in [6, 6.07) is 7.43. The molecule has 2 aromatic rings. The molecule has 6 nitrogen and oxygen atoms in total. The number of nitrogens with zero attached hydrogens (tertiary/aromatic N) is 2. The van der Waals surface area contributed by atoms with Crippen molar-refractivity contribution in [1.29, 1.82) is 0 Å². The van der Waals surface area contributed by atoms with Gasteiger partial charge < -0.3 is 4.90 Å². The van der Waals surface area contributed by atoms with E-state index < -0.39 is 22.3 Å². The summed E-state index contributed by atoms with van der Waals surface area (Å²) >= 11 is 5.93. The largest absolute Gasteiger partial charge is 0.308 e. The lowest BCUT2D eigenvalue weighted by Crippen LogP contribution is -2.32. The maximum Gasteiger partial charge on any atom is 0.272 e. The molecule has 0 spiro atoms. The first kappa shape index (κ1) is 17.0. The van der Waals surface area contributed by atoms with Crippen molar-refractivity contribution in [2.24, 2.45) is 0 Å². The third-order valence-electron chi connectivity index (χ3n) is 3.97. The monoisotopic (exact) mass is 362 g/mol. The van der Waals surface area contributed by atoms with E-state index in [0.29, 0.717) is 28.8 Å². The van der Waals surface area contributed by atoms with Crippen molar-refractivity contribution in [1.82, 2.24) is 0 Å². The smallest absolute Gasteiger partial charge is 0.272 e. The van der Waals surface area contributed by atoms with E-state index in [1.165, 1.54) is 11.0 Å². The van der Waals surface area contributed by atoms with Crippen LogP contribution in [-0.2, 0) is 0 Å². The molecule has 0 bridgehead atoms. The van der Waals surface area contributed by atoms with Gasteiger partial charge in [0.1, 0.15) is 5.82 Å². The maximum atomic E-state index is 14.2. The van der Waals surface area contributed by atoms with Gasteiger partial charge in [0.15, 0.2) is 5.78 Å². The highest BCUT2D eigenvalue weighted by atomic mass is 35.5. The van der Waals surface area contributed by atoms with Crippen molar-refractivity contribution < 1.29 is 18.9 Å². The molecule has 1 aliphatic heterocycles. The number of benzene rings is 2. The molecule has 1 aliphatic rings. The molecule has 0 fully saturated rings. The van der Waals surface area contributed by atoms with Gasteiger partial charge in [-0.15, -0.1) is 0 Å². The SMILES string of the molecule is O=C1CCCN(C(=O)c2ccc([N+](=O)[O-])cc2F)c2ccc(Cl)cc21. The number of anilines is 1. The zero-order valence-electron chi connectivity index (χ0n) is 12.9. The van der Waals surface area contributed by atoms with Crippen LogP contribution >= 0.6 is 11.6 Å². The minimum Gasteiger partial charge on any atom is -0.308 e. The molecule has 0 N–H and O–H groups in total. The predicted octanol–water partition coefficient (Wildman–Crippen LogP) is 4.01. The Balaban J connectivity index is 2.04. The van der Waals surface area contributed by atoms with E-state index in [1.807, 2.05) is 0 Å². The molecule has 25 heavy (non-hydrogen) atoms. The lowest BCUT2D eigenvalue weighted by Gasteiger charge is -2.23. The first-order chi connectivity index (χ1) is 11.9. The standard InChI is InChI=1S/C17H12ClFN2O4/c18-10-3-6-15-13(8-10)16(22)2-1-7-20(15)17(23)12-5-4-11(21(24)25)9-14(12)19/h3-6,8-9H,1-2,7H2. The maximum absolute atomic E-state index is 14.2. The summed E-state index contributed by atoms with van der Waals surface area (Å²) in [5.74, 6) is -1.78. The van der Waals surface area contributed by atoms with Crippen LogP contribution in [0.25, 0.3) is 0 Å². The number of amides is 1. The zero-order valence-corrected chi connectivity index (χ0v) is 13.6. The van der Waals surface area contributed by atoms with Crippen LogP contribution in [0.15, 0.2) is 36.4 Å². The van der Waals surface area contributed by atoms with Crippen molar-refractivity contribution in [3.8, 4) is 0 Å². The number of halogens is 2. The van der Waals surface area contributed by atoms with Gasteiger partial charge in [-0.1, -0.05) is 11.6 Å². The number of carbonyl (C=O) groups excluding carboxylic acids is 2. The van der Waals surface area contributed by atoms with Gasteiger partial charge >= 0.3 is 0 Å². The van der Waals surface area contributed by atoms with Crippen LogP contribution in [0.2, 0.25) is 5.02 Å². The zero-order chi connectivity index (χ0) is 18.1. The molecule has 0 aliphatic carbocycles. The van der Waals surface area contributed by atoms with E-state index in [9.17, 15) is 24.1 Å². The Hall–Kier alpha value is -2.80. The fraction of sp³-hybridized carbons (Fsp3) is 0.176. The second kappa shape index (κ2) is 6.60. The van der Waals surface area contributed by atoms with Gasteiger partial charge in [-0.2, -0.15) is 0 Å². The highest BCUT2D eigenvalue weighted by Gasteiger charge is 2.28. The molecule has 0 unspecified atom stereocenters. The fourth-order valence-corrected chi connectivity index (χ4v) is 2.94. The second-order valence-electron chi connectivity index (χ2n) is 5.57. The number of non-ortho nitro benzene ring substituents is 1. The molecule has 0 aromatic heterocycles. The van der Waals surface area contributed by atoms with Gasteiger partial charge in [-0.25, -0.2) is 4.39 Å². The lowest BCUT2D eigenvalue weighted by molar-refractivity contribution is -0.385. The molecule has 2 aromatic carbocycles. The van der Waals surface area contributed by atoms with Crippen LogP contribution in [0.3, 0.4) is 0 Å². The normalized spacial score (nSPS) is 14.0. The van der Waals surface area contributed by atoms with Gasteiger partial charge in [-0.3, -0.25) is 19.7 Å². The van der Waals surface area contributed by atoms with Crippen LogP contribution in [0.5, 0.6) is 0 Å². The minimum atomic E-state index is -0.981. The number of hydrogen-bond acceptors (Lipinski definition) is 4. The molecule has 1 amide bonds. The Bertz CT molecular complexity index is 900. The molecule has 0 radical (unpaired) electrons. The Kier molecular flexibility index (Phi) is 4.50. The molecule has 0 saturated carbocycles. The van der Waals surface area contributed by atoms with Crippen LogP contribution in [-0.4, -0.2) is 23.2 Å². The molecule has 128 valence electrons. The second-order valence-corrected chi connectivity index (χ2v) is 6.00. The molecule has 8 heteroatoms. The highest BCUT2D eigenvalue weighted by Crippen LogP contribution is 2.31. The van der Waals surface area contributed by atoms with Crippen molar-refractivity contribution in [3.63, 3.8) is 0 Å². The van der Waals surface area contributed by atoms with Gasteiger partial charge in [0.2, 0.25) is 0 Å². The molecule has 1 heterocycles. The number of nitro groups is 1. The molecule has 0 atom stereocenters. The van der Waals surface area contributed by atoms with Crippen molar-refractivity contribution in [2.75, 3.05) is 11.4 Å². The number of carbonyl (C=O) groups is 2. The number of nitro benzene ring substituents is 1. The topological polar surface area (TPSA) is 80.5 Å². The Morgan fingerprint density at radius 3 is 2.68 bits per heavy atom. The first-order valence-corrected chi connectivity index (χ1v) is 7.85. The molecular formula is C17H12ClFN2O4. The average Bonchev–Trinajstić information content (AvgIpc) is 2.73. The van der Waals surface area contributed by atoms with E-state index in [1.54, 1.807) is 12.1 Å². The predicted molar refractivity (Wildman–Crippen MR) is 89.7 cm³/mol. The Morgan fingerprint density at radius 2 is 2.00 bits per heavy atom. The van der Waals surface area contributed by atoms with Crippen molar-refractivity contribution >= 4 is 34.7 Å². The van der Waals surface area contributed by atoms with Gasteiger partial charge in [-0.05, 0) is 30.7 Å². The number of Topliss-reactive ketones (excluding diaryl/α,β-unsaturated/α-hetero) is 1. The summed E-state index contributed by atoms with van der Waals surface area (Å²) in [5, 5.41) is 11.1. The summed E-state index contributed by atoms with van der Waals surface area (Å²) in [7, 11) is 0. The van der Waals surface area contributed by atoms with E-state index in [0.717, 1.165) is 12.1 Å². The lowest BCUT2D eigenvalue weighted by atomic mass is 10.1. The van der Waals surface area contributed by atoms with E-state index >= 15 is 0 Å². The fourth-order valence-electron chi connectivity index (χ4n) is 2.77. The van der Waals surface area contributed by atoms with Gasteiger partial charge in [0, 0.05) is 29.6 Å². The van der Waals surface area contributed by atoms with Gasteiger partial charge in [0.05, 0.1) is 22.2 Å². The van der Waals surface area contributed by atoms with Crippen LogP contribution in [0, 0.1) is 15.9 Å². The van der Waals surface area contributed by atoms with Crippen LogP contribution in [0.1, 0.15) is 33.6 Å². The summed E-state index contributed by atoms with van der Waals surface area (Å²) < 4.78 is 14.2. The molecular weight excluding hydrogens is 351 g/mol. The first-order valence-electron chi connectivity index (χ1n) is 7.47. The van der Waals surface area contributed by atoms with E-state index in [2.05, 4.69) is 0 Å². The molecule has 3 rings (SSSR count). The van der Waals surface area contributed by atoms with E-state index in [-0.39, 0.29) is 24.3 Å². The molecule has 0 saturated heterocycles. The Morgan fingerprint density at radius 1 is 1.24 bits per heavy atom. The van der Waals surface area contributed by atoms with Crippen LogP contribution in [0.4, 0.5) is 15.8 Å². The average molecular weight is 363 g/mol. The van der Waals surface area contributed by atoms with Crippen molar-refractivity contribution in [3.05, 3.63) is 68.5 Å².